The molecule has 0 aliphatic carbocycles. The van der Waals surface area contributed by atoms with Gasteiger partial charge in [0.2, 0.25) is 0 Å². The average molecular weight is 369 g/mol. The lowest BCUT2D eigenvalue weighted by Gasteiger charge is -2.13. The molecule has 1 aromatic carbocycles. The standard InChI is InChI=1S/C18H22F3N3O2/c1-11(2)8-14-9-15(24(3)23-14)17(26)22-10-16(25)12-4-6-13(7-5-12)18(19,20)21/h4-7,9,11,16,25H,8,10H2,1-3H3,(H,22,26)/t16-/m1/s1. The zero-order valence-electron chi connectivity index (χ0n) is 14.8. The summed E-state index contributed by atoms with van der Waals surface area (Å²) in [6, 6.07) is 5.90. The van der Waals surface area contributed by atoms with Gasteiger partial charge in [-0.2, -0.15) is 18.3 Å². The smallest absolute Gasteiger partial charge is 0.387 e. The molecular formula is C18H22F3N3O2. The van der Waals surface area contributed by atoms with Gasteiger partial charge in [0.15, 0.2) is 0 Å². The molecule has 1 aromatic heterocycles. The summed E-state index contributed by atoms with van der Waals surface area (Å²) < 4.78 is 39.1. The first-order chi connectivity index (χ1) is 12.1. The number of nitrogens with one attached hydrogen (secondary N) is 1. The van der Waals surface area contributed by atoms with Crippen LogP contribution in [0.1, 0.15) is 47.3 Å². The lowest BCUT2D eigenvalue weighted by Crippen LogP contribution is -2.29. The molecule has 5 nitrogen and oxygen atoms in total. The molecule has 0 spiro atoms. The first-order valence-corrected chi connectivity index (χ1v) is 8.24. The van der Waals surface area contributed by atoms with Crippen LogP contribution in [0.25, 0.3) is 0 Å². The van der Waals surface area contributed by atoms with Crippen LogP contribution >= 0.6 is 0 Å². The molecule has 0 fully saturated rings. The number of amides is 1. The SMILES string of the molecule is CC(C)Cc1cc(C(=O)NC[C@@H](O)c2ccc(C(F)(F)F)cc2)n(C)n1. The van der Waals surface area contributed by atoms with E-state index in [0.717, 1.165) is 24.2 Å². The van der Waals surface area contributed by atoms with E-state index in [1.54, 1.807) is 13.1 Å². The topological polar surface area (TPSA) is 67.2 Å². The number of nitrogens with zero attached hydrogens (tertiary/aromatic N) is 2. The van der Waals surface area contributed by atoms with Crippen molar-refractivity contribution in [2.75, 3.05) is 6.54 Å². The quantitative estimate of drug-likeness (QED) is 0.822. The van der Waals surface area contributed by atoms with Gasteiger partial charge in [-0.05, 0) is 36.1 Å². The van der Waals surface area contributed by atoms with E-state index in [-0.39, 0.29) is 6.54 Å². The monoisotopic (exact) mass is 369 g/mol. The molecule has 0 aliphatic rings. The number of alkyl halides is 3. The summed E-state index contributed by atoms with van der Waals surface area (Å²) in [7, 11) is 1.66. The number of hydrogen-bond acceptors (Lipinski definition) is 3. The number of aliphatic hydroxyl groups is 1. The van der Waals surface area contributed by atoms with Gasteiger partial charge in [-0.3, -0.25) is 9.48 Å². The zero-order chi connectivity index (χ0) is 19.5. The third kappa shape index (κ3) is 5.08. The first kappa shape index (κ1) is 20.0. The molecule has 2 N–H and O–H groups in total. The van der Waals surface area contributed by atoms with Crippen LogP contribution in [0.2, 0.25) is 0 Å². The fourth-order valence-corrected chi connectivity index (χ4v) is 2.55. The Morgan fingerprint density at radius 2 is 1.88 bits per heavy atom. The molecule has 0 unspecified atom stereocenters. The Morgan fingerprint density at radius 3 is 2.42 bits per heavy atom. The third-order valence-corrected chi connectivity index (χ3v) is 3.86. The van der Waals surface area contributed by atoms with Crippen LogP contribution in [0, 0.1) is 5.92 Å². The van der Waals surface area contributed by atoms with Gasteiger partial charge in [-0.25, -0.2) is 0 Å². The van der Waals surface area contributed by atoms with Gasteiger partial charge in [0.05, 0.1) is 17.4 Å². The van der Waals surface area contributed by atoms with Crippen molar-refractivity contribution >= 4 is 5.91 Å². The molecule has 8 heteroatoms. The van der Waals surface area contributed by atoms with Crippen molar-refractivity contribution in [1.82, 2.24) is 15.1 Å². The van der Waals surface area contributed by atoms with Crippen molar-refractivity contribution in [1.29, 1.82) is 0 Å². The van der Waals surface area contributed by atoms with Crippen LogP contribution in [-0.4, -0.2) is 27.3 Å². The highest BCUT2D eigenvalue weighted by atomic mass is 19.4. The highest BCUT2D eigenvalue weighted by Crippen LogP contribution is 2.29. The van der Waals surface area contributed by atoms with E-state index in [4.69, 9.17) is 0 Å². The van der Waals surface area contributed by atoms with Crippen LogP contribution in [0.4, 0.5) is 13.2 Å². The normalized spacial score (nSPS) is 13.1. The second-order valence-corrected chi connectivity index (χ2v) is 6.59. The Morgan fingerprint density at radius 1 is 1.27 bits per heavy atom. The average Bonchev–Trinajstić information content (AvgIpc) is 2.91. The van der Waals surface area contributed by atoms with Crippen molar-refractivity contribution in [2.24, 2.45) is 13.0 Å². The summed E-state index contributed by atoms with van der Waals surface area (Å²) >= 11 is 0. The maximum Gasteiger partial charge on any atom is 0.416 e. The van der Waals surface area contributed by atoms with Crippen molar-refractivity contribution in [3.8, 4) is 0 Å². The molecule has 1 heterocycles. The number of carbonyl (C=O) groups is 1. The molecule has 0 saturated carbocycles. The van der Waals surface area contributed by atoms with E-state index in [1.807, 2.05) is 0 Å². The highest BCUT2D eigenvalue weighted by molar-refractivity contribution is 5.92. The molecule has 1 amide bonds. The number of rotatable bonds is 6. The second kappa shape index (κ2) is 7.90. The van der Waals surface area contributed by atoms with Crippen molar-refractivity contribution in [2.45, 2.75) is 32.5 Å². The zero-order valence-corrected chi connectivity index (χ0v) is 14.8. The number of halogens is 3. The summed E-state index contributed by atoms with van der Waals surface area (Å²) in [6.45, 7) is 3.98. The summed E-state index contributed by atoms with van der Waals surface area (Å²) in [4.78, 5) is 12.3. The Kier molecular flexibility index (Phi) is 6.07. The van der Waals surface area contributed by atoms with Gasteiger partial charge in [0, 0.05) is 13.6 Å². The minimum atomic E-state index is -4.43. The molecule has 1 atom stereocenters. The van der Waals surface area contributed by atoms with Gasteiger partial charge in [-0.1, -0.05) is 26.0 Å². The minimum Gasteiger partial charge on any atom is -0.387 e. The molecule has 26 heavy (non-hydrogen) atoms. The van der Waals surface area contributed by atoms with Crippen LogP contribution in [0.3, 0.4) is 0 Å². The van der Waals surface area contributed by atoms with E-state index in [0.29, 0.717) is 17.2 Å². The predicted octanol–water partition coefficient (Wildman–Crippen LogP) is 3.10. The predicted molar refractivity (Wildman–Crippen MR) is 90.5 cm³/mol. The molecule has 0 aliphatic heterocycles. The van der Waals surface area contributed by atoms with E-state index in [1.165, 1.54) is 16.8 Å². The summed E-state index contributed by atoms with van der Waals surface area (Å²) in [5.41, 5.74) is 0.671. The summed E-state index contributed by atoms with van der Waals surface area (Å²) in [5.74, 6) is 0.00303. The Labute approximate surface area is 149 Å². The largest absolute Gasteiger partial charge is 0.416 e. The fraction of sp³-hybridized carbons (Fsp3) is 0.444. The summed E-state index contributed by atoms with van der Waals surface area (Å²) in [6.07, 6.45) is -4.79. The van der Waals surface area contributed by atoms with Gasteiger partial charge in [0.1, 0.15) is 5.69 Å². The number of aromatic nitrogens is 2. The number of hydrogen-bond donors (Lipinski definition) is 2. The van der Waals surface area contributed by atoms with E-state index < -0.39 is 23.8 Å². The third-order valence-electron chi connectivity index (χ3n) is 3.86. The minimum absolute atomic E-state index is 0.116. The summed E-state index contributed by atoms with van der Waals surface area (Å²) in [5, 5.41) is 16.9. The molecule has 0 saturated heterocycles. The Balaban J connectivity index is 1.97. The van der Waals surface area contributed by atoms with Crippen LogP contribution in [0.15, 0.2) is 30.3 Å². The van der Waals surface area contributed by atoms with Crippen LogP contribution < -0.4 is 5.32 Å². The molecular weight excluding hydrogens is 347 g/mol. The molecule has 0 bridgehead atoms. The Bertz CT molecular complexity index is 752. The number of carbonyl (C=O) groups excluding carboxylic acids is 1. The van der Waals surface area contributed by atoms with Gasteiger partial charge in [-0.15, -0.1) is 0 Å². The van der Waals surface area contributed by atoms with Gasteiger partial charge in [0.25, 0.3) is 5.91 Å². The first-order valence-electron chi connectivity index (χ1n) is 8.24. The number of benzene rings is 1. The number of aryl methyl sites for hydroxylation is 1. The van der Waals surface area contributed by atoms with Crippen molar-refractivity contribution < 1.29 is 23.1 Å². The molecule has 0 radical (unpaired) electrons. The molecule has 2 rings (SSSR count). The Hall–Kier alpha value is -2.35. The highest BCUT2D eigenvalue weighted by Gasteiger charge is 2.30. The van der Waals surface area contributed by atoms with Gasteiger partial charge >= 0.3 is 6.18 Å². The lowest BCUT2D eigenvalue weighted by molar-refractivity contribution is -0.137. The van der Waals surface area contributed by atoms with E-state index in [2.05, 4.69) is 24.3 Å². The fourth-order valence-electron chi connectivity index (χ4n) is 2.55. The van der Waals surface area contributed by atoms with Crippen molar-refractivity contribution in [3.63, 3.8) is 0 Å². The molecule has 2 aromatic rings. The van der Waals surface area contributed by atoms with Crippen LogP contribution in [-0.2, 0) is 19.6 Å². The molecule has 142 valence electrons. The maximum atomic E-state index is 12.6. The van der Waals surface area contributed by atoms with Crippen molar-refractivity contribution in [3.05, 3.63) is 52.8 Å². The maximum absolute atomic E-state index is 12.6. The van der Waals surface area contributed by atoms with Crippen LogP contribution in [0.5, 0.6) is 0 Å². The van der Waals surface area contributed by atoms with E-state index >= 15 is 0 Å². The lowest BCUT2D eigenvalue weighted by atomic mass is 10.1. The number of aliphatic hydroxyl groups excluding tert-OH is 1. The van der Waals surface area contributed by atoms with Gasteiger partial charge < -0.3 is 10.4 Å². The van der Waals surface area contributed by atoms with E-state index in [9.17, 15) is 23.1 Å². The second-order valence-electron chi connectivity index (χ2n) is 6.59.